The summed E-state index contributed by atoms with van der Waals surface area (Å²) in [6.07, 6.45) is -1.14. The smallest absolute Gasteiger partial charge is 0.416 e. The second kappa shape index (κ2) is 6.58. The molecule has 0 saturated heterocycles. The lowest BCUT2D eigenvalue weighted by atomic mass is 10.0. The van der Waals surface area contributed by atoms with E-state index in [9.17, 15) is 18.3 Å². The maximum atomic E-state index is 12.4. The van der Waals surface area contributed by atoms with Crippen molar-refractivity contribution >= 4 is 0 Å². The summed E-state index contributed by atoms with van der Waals surface area (Å²) in [7, 11) is 0. The molecule has 0 aliphatic rings. The monoisotopic (exact) mass is 297 g/mol. The van der Waals surface area contributed by atoms with Crippen molar-refractivity contribution < 1.29 is 23.0 Å². The van der Waals surface area contributed by atoms with E-state index in [0.29, 0.717) is 5.75 Å². The Morgan fingerprint density at radius 2 is 1.67 bits per heavy atom. The third-order valence-electron chi connectivity index (χ3n) is 3.03. The van der Waals surface area contributed by atoms with Gasteiger partial charge < -0.3 is 9.84 Å². The van der Waals surface area contributed by atoms with Gasteiger partial charge in [0.05, 0.1) is 18.8 Å². The van der Waals surface area contributed by atoms with Gasteiger partial charge in [-0.05, 0) is 42.0 Å². The molecule has 1 N–H and O–H groups in total. The van der Waals surface area contributed by atoms with Crippen LogP contribution in [0.25, 0.3) is 0 Å². The number of hydrogen-bond donors (Lipinski definition) is 1. The number of pyridine rings is 1. The van der Waals surface area contributed by atoms with Gasteiger partial charge in [-0.15, -0.1) is 0 Å². The Bertz CT molecular complexity index is 555. The van der Waals surface area contributed by atoms with E-state index in [2.05, 4.69) is 4.98 Å². The number of aliphatic hydroxyl groups is 1. The van der Waals surface area contributed by atoms with Crippen molar-refractivity contribution in [2.45, 2.75) is 12.1 Å². The minimum atomic E-state index is -4.36. The first kappa shape index (κ1) is 15.3. The van der Waals surface area contributed by atoms with Gasteiger partial charge in [0.15, 0.2) is 0 Å². The number of ether oxygens (including phenoxy) is 1. The van der Waals surface area contributed by atoms with Crippen LogP contribution in [0, 0.1) is 0 Å². The molecule has 6 heteroatoms. The predicted molar refractivity (Wildman–Crippen MR) is 71.0 cm³/mol. The second-order valence-electron chi connectivity index (χ2n) is 4.49. The first-order valence-electron chi connectivity index (χ1n) is 6.31. The number of aliphatic hydroxyl groups excluding tert-OH is 1. The first-order valence-corrected chi connectivity index (χ1v) is 6.31. The molecule has 3 nitrogen and oxygen atoms in total. The predicted octanol–water partition coefficient (Wildman–Crippen LogP) is 3.26. The zero-order valence-corrected chi connectivity index (χ0v) is 11.0. The van der Waals surface area contributed by atoms with E-state index in [1.54, 1.807) is 24.5 Å². The lowest BCUT2D eigenvalue weighted by molar-refractivity contribution is -0.137. The van der Waals surface area contributed by atoms with Gasteiger partial charge in [0.2, 0.25) is 0 Å². The zero-order chi connectivity index (χ0) is 15.3. The van der Waals surface area contributed by atoms with Gasteiger partial charge in [-0.25, -0.2) is 0 Å². The molecule has 0 fully saturated rings. The molecule has 0 radical (unpaired) electrons. The largest absolute Gasteiger partial charge is 0.493 e. The number of alkyl halides is 3. The van der Waals surface area contributed by atoms with Crippen molar-refractivity contribution in [1.82, 2.24) is 4.98 Å². The Hall–Kier alpha value is -2.08. The molecule has 0 amide bonds. The third kappa shape index (κ3) is 4.19. The fraction of sp³-hybridized carbons (Fsp3) is 0.267. The van der Waals surface area contributed by atoms with Gasteiger partial charge in [-0.1, -0.05) is 0 Å². The molecule has 2 rings (SSSR count). The van der Waals surface area contributed by atoms with Gasteiger partial charge in [0, 0.05) is 18.3 Å². The summed E-state index contributed by atoms with van der Waals surface area (Å²) in [4.78, 5) is 3.88. The average Bonchev–Trinajstić information content (AvgIpc) is 2.48. The molecule has 2 aromatic rings. The lowest BCUT2D eigenvalue weighted by Crippen LogP contribution is -2.14. The molecule has 0 aliphatic heterocycles. The first-order chi connectivity index (χ1) is 10.0. The van der Waals surface area contributed by atoms with Crippen molar-refractivity contribution in [3.8, 4) is 5.75 Å². The summed E-state index contributed by atoms with van der Waals surface area (Å²) in [5.74, 6) is 0.0748. The van der Waals surface area contributed by atoms with Crippen molar-refractivity contribution in [3.63, 3.8) is 0 Å². The molecular formula is C15H14F3NO2. The van der Waals surface area contributed by atoms with Crippen LogP contribution >= 0.6 is 0 Å². The van der Waals surface area contributed by atoms with Gasteiger partial charge in [-0.3, -0.25) is 4.98 Å². The molecule has 0 spiro atoms. The van der Waals surface area contributed by atoms with E-state index in [1.165, 1.54) is 12.1 Å². The number of hydrogen-bond acceptors (Lipinski definition) is 3. The zero-order valence-electron chi connectivity index (χ0n) is 11.0. The van der Waals surface area contributed by atoms with E-state index in [0.717, 1.165) is 17.7 Å². The van der Waals surface area contributed by atoms with Gasteiger partial charge in [0.1, 0.15) is 5.75 Å². The van der Waals surface area contributed by atoms with Crippen molar-refractivity contribution in [3.05, 3.63) is 59.9 Å². The summed E-state index contributed by atoms with van der Waals surface area (Å²) in [6.45, 7) is 0.0521. The molecule has 1 atom stereocenters. The Morgan fingerprint density at radius 1 is 1.05 bits per heavy atom. The summed E-state index contributed by atoms with van der Waals surface area (Å²) >= 11 is 0. The van der Waals surface area contributed by atoms with Crippen LogP contribution < -0.4 is 4.74 Å². The average molecular weight is 297 g/mol. The SMILES string of the molecule is OCC(COc1ccc(C(F)(F)F)cc1)c1ccncc1. The summed E-state index contributed by atoms with van der Waals surface area (Å²) in [5, 5.41) is 9.36. The minimum absolute atomic E-state index is 0.120. The Balaban J connectivity index is 1.99. The maximum absolute atomic E-state index is 12.4. The highest BCUT2D eigenvalue weighted by molar-refractivity contribution is 5.29. The molecule has 0 saturated carbocycles. The standard InChI is InChI=1S/C15H14F3NO2/c16-15(17,18)13-1-3-14(4-2-13)21-10-12(9-20)11-5-7-19-8-6-11/h1-8,12,20H,9-10H2. The Morgan fingerprint density at radius 3 is 2.19 bits per heavy atom. The quantitative estimate of drug-likeness (QED) is 0.921. The lowest BCUT2D eigenvalue weighted by Gasteiger charge is -2.16. The van der Waals surface area contributed by atoms with E-state index in [-0.39, 0.29) is 19.1 Å². The maximum Gasteiger partial charge on any atom is 0.416 e. The fourth-order valence-corrected chi connectivity index (χ4v) is 1.83. The normalized spacial score (nSPS) is 13.0. The van der Waals surface area contributed by atoms with Crippen LogP contribution in [0.4, 0.5) is 13.2 Å². The molecule has 21 heavy (non-hydrogen) atoms. The Kier molecular flexibility index (Phi) is 4.80. The molecule has 0 aliphatic carbocycles. The van der Waals surface area contributed by atoms with E-state index in [4.69, 9.17) is 4.74 Å². The second-order valence-corrected chi connectivity index (χ2v) is 4.49. The van der Waals surface area contributed by atoms with Crippen molar-refractivity contribution in [2.75, 3.05) is 13.2 Å². The van der Waals surface area contributed by atoms with Crippen LogP contribution in [0.1, 0.15) is 17.0 Å². The molecule has 1 unspecified atom stereocenters. The highest BCUT2D eigenvalue weighted by atomic mass is 19.4. The summed E-state index contributed by atoms with van der Waals surface area (Å²) < 4.78 is 42.7. The van der Waals surface area contributed by atoms with Crippen LogP contribution in [-0.2, 0) is 6.18 Å². The Labute approximate surface area is 120 Å². The molecule has 1 aromatic carbocycles. The van der Waals surface area contributed by atoms with E-state index >= 15 is 0 Å². The number of aromatic nitrogens is 1. The van der Waals surface area contributed by atoms with Gasteiger partial charge in [0.25, 0.3) is 0 Å². The van der Waals surface area contributed by atoms with Crippen molar-refractivity contribution in [2.24, 2.45) is 0 Å². The third-order valence-corrected chi connectivity index (χ3v) is 3.03. The highest BCUT2D eigenvalue weighted by Gasteiger charge is 2.30. The van der Waals surface area contributed by atoms with Crippen molar-refractivity contribution in [1.29, 1.82) is 0 Å². The van der Waals surface area contributed by atoms with Crippen LogP contribution in [-0.4, -0.2) is 23.3 Å². The topological polar surface area (TPSA) is 42.4 Å². The summed E-state index contributed by atoms with van der Waals surface area (Å²) in [5.41, 5.74) is 0.141. The molecular weight excluding hydrogens is 283 g/mol. The molecule has 112 valence electrons. The highest BCUT2D eigenvalue weighted by Crippen LogP contribution is 2.30. The number of benzene rings is 1. The van der Waals surface area contributed by atoms with Gasteiger partial charge >= 0.3 is 6.18 Å². The molecule has 0 bridgehead atoms. The minimum Gasteiger partial charge on any atom is -0.493 e. The van der Waals surface area contributed by atoms with E-state index in [1.807, 2.05) is 0 Å². The molecule has 1 aromatic heterocycles. The molecule has 1 heterocycles. The van der Waals surface area contributed by atoms with Crippen LogP contribution in [0.3, 0.4) is 0 Å². The fourth-order valence-electron chi connectivity index (χ4n) is 1.83. The number of nitrogens with zero attached hydrogens (tertiary/aromatic N) is 1. The van der Waals surface area contributed by atoms with Crippen LogP contribution in [0.15, 0.2) is 48.8 Å². The van der Waals surface area contributed by atoms with Crippen LogP contribution in [0.2, 0.25) is 0 Å². The summed E-state index contributed by atoms with van der Waals surface area (Å²) in [6, 6.07) is 7.99. The van der Waals surface area contributed by atoms with E-state index < -0.39 is 11.7 Å². The van der Waals surface area contributed by atoms with Crippen LogP contribution in [0.5, 0.6) is 5.75 Å². The van der Waals surface area contributed by atoms with Gasteiger partial charge in [-0.2, -0.15) is 13.2 Å². The number of halogens is 3. The number of rotatable bonds is 5.